The van der Waals surface area contributed by atoms with Crippen LogP contribution >= 0.6 is 11.6 Å². The average Bonchev–Trinajstić information content (AvgIpc) is 2.84. The van der Waals surface area contributed by atoms with Gasteiger partial charge in [-0.15, -0.1) is 0 Å². The van der Waals surface area contributed by atoms with Crippen LogP contribution in [0.4, 0.5) is 0 Å². The number of hydrogen-bond donors (Lipinski definition) is 2. The van der Waals surface area contributed by atoms with Crippen LogP contribution in [-0.2, 0) is 16.6 Å². The van der Waals surface area contributed by atoms with Crippen molar-refractivity contribution in [3.05, 3.63) is 52.7 Å². The molecule has 0 bridgehead atoms. The number of halogens is 1. The van der Waals surface area contributed by atoms with Gasteiger partial charge in [0.1, 0.15) is 5.76 Å². The third-order valence-corrected chi connectivity index (χ3v) is 3.86. The summed E-state index contributed by atoms with van der Waals surface area (Å²) in [6.07, 6.45) is 0. The lowest BCUT2D eigenvalue weighted by molar-refractivity contribution is 0.393. The summed E-state index contributed by atoms with van der Waals surface area (Å²) in [5, 5.41) is 8.64. The van der Waals surface area contributed by atoms with Gasteiger partial charge in [0.25, 0.3) is 10.0 Å². The number of hydrogen-bond acceptors (Lipinski definition) is 4. The fourth-order valence-corrected chi connectivity index (χ4v) is 2.43. The Morgan fingerprint density at radius 3 is 2.70 bits per heavy atom. The zero-order chi connectivity index (χ0) is 14.8. The Labute approximate surface area is 122 Å². The van der Waals surface area contributed by atoms with E-state index >= 15 is 0 Å². The zero-order valence-corrected chi connectivity index (χ0v) is 12.4. The second kappa shape index (κ2) is 5.97. The molecule has 0 aliphatic carbocycles. The van der Waals surface area contributed by atoms with Crippen LogP contribution < -0.4 is 10.5 Å². The summed E-state index contributed by atoms with van der Waals surface area (Å²) in [6.45, 7) is 2.37. The quantitative estimate of drug-likeness (QED) is 0.887. The number of furan rings is 1. The molecule has 108 valence electrons. The van der Waals surface area contributed by atoms with Gasteiger partial charge in [-0.2, -0.15) is 0 Å². The van der Waals surface area contributed by atoms with Crippen molar-refractivity contribution in [3.63, 3.8) is 0 Å². The molecular weight excluding hydrogens is 300 g/mol. The molecule has 0 saturated carbocycles. The van der Waals surface area contributed by atoms with Gasteiger partial charge in [-0.1, -0.05) is 23.7 Å². The van der Waals surface area contributed by atoms with E-state index in [1.807, 2.05) is 31.2 Å². The van der Waals surface area contributed by atoms with E-state index in [-0.39, 0.29) is 11.1 Å². The summed E-state index contributed by atoms with van der Waals surface area (Å²) in [5.41, 5.74) is 1.04. The molecule has 0 fully saturated rings. The summed E-state index contributed by atoms with van der Waals surface area (Å²) in [7, 11) is -3.79. The lowest BCUT2D eigenvalue weighted by Gasteiger charge is -2.13. The normalized spacial score (nSPS) is 13.3. The van der Waals surface area contributed by atoms with E-state index in [0.717, 1.165) is 5.56 Å². The van der Waals surface area contributed by atoms with Gasteiger partial charge in [-0.3, -0.25) is 0 Å². The number of nitrogens with two attached hydrogens (primary N) is 1. The van der Waals surface area contributed by atoms with E-state index in [1.165, 1.54) is 6.07 Å². The molecule has 1 aromatic carbocycles. The van der Waals surface area contributed by atoms with Gasteiger partial charge >= 0.3 is 0 Å². The number of nitrogens with one attached hydrogen (secondary N) is 1. The van der Waals surface area contributed by atoms with Crippen LogP contribution in [0.1, 0.15) is 24.3 Å². The lowest BCUT2D eigenvalue weighted by Crippen LogP contribution is -2.17. The van der Waals surface area contributed by atoms with Gasteiger partial charge < -0.3 is 9.73 Å². The third-order valence-electron chi connectivity index (χ3n) is 2.85. The van der Waals surface area contributed by atoms with Crippen molar-refractivity contribution in [2.45, 2.75) is 24.6 Å². The van der Waals surface area contributed by atoms with E-state index in [9.17, 15) is 8.42 Å². The van der Waals surface area contributed by atoms with Gasteiger partial charge in [-0.25, -0.2) is 13.6 Å². The fraction of sp³-hybridized carbons (Fsp3) is 0.231. The molecule has 1 atom stereocenters. The summed E-state index contributed by atoms with van der Waals surface area (Å²) < 4.78 is 27.3. The van der Waals surface area contributed by atoms with E-state index in [1.54, 1.807) is 6.07 Å². The highest BCUT2D eigenvalue weighted by Crippen LogP contribution is 2.18. The lowest BCUT2D eigenvalue weighted by atomic mass is 10.1. The highest BCUT2D eigenvalue weighted by atomic mass is 35.5. The van der Waals surface area contributed by atoms with E-state index < -0.39 is 10.0 Å². The summed E-state index contributed by atoms with van der Waals surface area (Å²) in [5.74, 6) is 0.503. The summed E-state index contributed by atoms with van der Waals surface area (Å²) in [6, 6.07) is 10.5. The van der Waals surface area contributed by atoms with Crippen molar-refractivity contribution in [1.29, 1.82) is 0 Å². The Morgan fingerprint density at radius 2 is 2.10 bits per heavy atom. The highest BCUT2D eigenvalue weighted by Gasteiger charge is 2.13. The largest absolute Gasteiger partial charge is 0.447 e. The number of rotatable bonds is 5. The van der Waals surface area contributed by atoms with Crippen molar-refractivity contribution in [3.8, 4) is 0 Å². The first-order valence-electron chi connectivity index (χ1n) is 5.96. The van der Waals surface area contributed by atoms with E-state index in [0.29, 0.717) is 17.3 Å². The molecule has 0 aliphatic rings. The van der Waals surface area contributed by atoms with Gasteiger partial charge in [0.2, 0.25) is 5.09 Å². The topological polar surface area (TPSA) is 85.3 Å². The minimum absolute atomic E-state index is 0.0525. The van der Waals surface area contributed by atoms with Crippen LogP contribution in [0.2, 0.25) is 5.02 Å². The molecule has 1 heterocycles. The van der Waals surface area contributed by atoms with E-state index in [2.05, 4.69) is 5.32 Å². The molecular formula is C13H15ClN2O3S. The zero-order valence-electron chi connectivity index (χ0n) is 10.8. The van der Waals surface area contributed by atoms with Crippen molar-refractivity contribution < 1.29 is 12.8 Å². The summed E-state index contributed by atoms with van der Waals surface area (Å²) in [4.78, 5) is 0. The monoisotopic (exact) mass is 314 g/mol. The first kappa shape index (κ1) is 15.1. The minimum atomic E-state index is -3.79. The average molecular weight is 315 g/mol. The van der Waals surface area contributed by atoms with E-state index in [4.69, 9.17) is 21.2 Å². The molecule has 0 radical (unpaired) electrons. The second-order valence-electron chi connectivity index (χ2n) is 4.42. The molecule has 0 unspecified atom stereocenters. The molecule has 0 aliphatic heterocycles. The van der Waals surface area contributed by atoms with Crippen LogP contribution in [0, 0.1) is 0 Å². The minimum Gasteiger partial charge on any atom is -0.447 e. The van der Waals surface area contributed by atoms with Crippen molar-refractivity contribution in [1.82, 2.24) is 5.32 Å². The first-order valence-corrected chi connectivity index (χ1v) is 7.89. The molecule has 2 aromatic rings. The van der Waals surface area contributed by atoms with Crippen molar-refractivity contribution in [2.24, 2.45) is 5.14 Å². The van der Waals surface area contributed by atoms with Crippen LogP contribution in [0.15, 0.2) is 45.9 Å². The van der Waals surface area contributed by atoms with Gasteiger partial charge in [0, 0.05) is 11.1 Å². The molecule has 0 amide bonds. The molecule has 2 rings (SSSR count). The van der Waals surface area contributed by atoms with Crippen molar-refractivity contribution in [2.75, 3.05) is 0 Å². The Hall–Kier alpha value is -1.34. The number of benzene rings is 1. The maximum absolute atomic E-state index is 11.1. The maximum Gasteiger partial charge on any atom is 0.271 e. The maximum atomic E-state index is 11.1. The number of sulfonamides is 1. The van der Waals surface area contributed by atoms with Crippen LogP contribution in [-0.4, -0.2) is 8.42 Å². The predicted molar refractivity (Wildman–Crippen MR) is 76.8 cm³/mol. The SMILES string of the molecule is C[C@@H](NCc1ccc(S(N)(=O)=O)o1)c1cccc(Cl)c1. The Morgan fingerprint density at radius 1 is 1.35 bits per heavy atom. The molecule has 1 aromatic heterocycles. The van der Waals surface area contributed by atoms with Crippen LogP contribution in [0.25, 0.3) is 0 Å². The third kappa shape index (κ3) is 3.83. The highest BCUT2D eigenvalue weighted by molar-refractivity contribution is 7.89. The summed E-state index contributed by atoms with van der Waals surface area (Å²) >= 11 is 5.93. The Bertz CT molecular complexity index is 697. The second-order valence-corrected chi connectivity index (χ2v) is 6.35. The fourth-order valence-electron chi connectivity index (χ4n) is 1.75. The first-order chi connectivity index (χ1) is 9.36. The standard InChI is InChI=1S/C13H15ClN2O3S/c1-9(10-3-2-4-11(14)7-10)16-8-12-5-6-13(19-12)20(15,17)18/h2-7,9,16H,8H2,1H3,(H2,15,17,18)/t9-/m1/s1. The van der Waals surface area contributed by atoms with Crippen molar-refractivity contribution >= 4 is 21.6 Å². The van der Waals surface area contributed by atoms with Gasteiger partial charge in [0.05, 0.1) is 6.54 Å². The molecule has 7 heteroatoms. The van der Waals surface area contributed by atoms with Gasteiger partial charge in [-0.05, 0) is 36.8 Å². The molecule has 0 spiro atoms. The van der Waals surface area contributed by atoms with Crippen LogP contribution in [0.3, 0.4) is 0 Å². The molecule has 0 saturated heterocycles. The molecule has 20 heavy (non-hydrogen) atoms. The molecule has 5 nitrogen and oxygen atoms in total. The van der Waals surface area contributed by atoms with Crippen LogP contribution in [0.5, 0.6) is 0 Å². The smallest absolute Gasteiger partial charge is 0.271 e. The molecule has 3 N–H and O–H groups in total. The number of primary sulfonamides is 1. The predicted octanol–water partition coefficient (Wildman–Crippen LogP) is 2.43. The Balaban J connectivity index is 2.00. The Kier molecular flexibility index (Phi) is 4.49. The van der Waals surface area contributed by atoms with Gasteiger partial charge in [0.15, 0.2) is 0 Å².